The molecule has 8 heteroatoms. The first-order chi connectivity index (χ1) is 14.5. The Bertz CT molecular complexity index is 1090. The van der Waals surface area contributed by atoms with E-state index in [1.807, 2.05) is 21.9 Å². The second-order valence-corrected chi connectivity index (χ2v) is 8.08. The van der Waals surface area contributed by atoms with Crippen molar-refractivity contribution in [1.29, 1.82) is 0 Å². The zero-order valence-corrected chi connectivity index (χ0v) is 16.8. The van der Waals surface area contributed by atoms with Gasteiger partial charge in [-0.2, -0.15) is 0 Å². The summed E-state index contributed by atoms with van der Waals surface area (Å²) in [6, 6.07) is 9.64. The van der Waals surface area contributed by atoms with Gasteiger partial charge in [0, 0.05) is 37.5 Å². The van der Waals surface area contributed by atoms with Gasteiger partial charge in [-0.25, -0.2) is 4.98 Å². The van der Waals surface area contributed by atoms with Crippen molar-refractivity contribution in [1.82, 2.24) is 19.9 Å². The van der Waals surface area contributed by atoms with Gasteiger partial charge in [-0.05, 0) is 25.0 Å². The molecule has 0 unspecified atom stereocenters. The van der Waals surface area contributed by atoms with Crippen LogP contribution in [0.25, 0.3) is 0 Å². The van der Waals surface area contributed by atoms with Gasteiger partial charge in [0.2, 0.25) is 5.76 Å². The van der Waals surface area contributed by atoms with Crippen LogP contribution in [-0.2, 0) is 0 Å². The van der Waals surface area contributed by atoms with Gasteiger partial charge < -0.3 is 18.7 Å². The lowest BCUT2D eigenvalue weighted by Gasteiger charge is -2.30. The molecule has 5 rings (SSSR count). The number of carbonyl (C=O) groups is 2. The number of aromatic nitrogens is 2. The summed E-state index contributed by atoms with van der Waals surface area (Å²) in [5.74, 6) is 0.869. The van der Waals surface area contributed by atoms with Crippen molar-refractivity contribution < 1.29 is 18.5 Å². The van der Waals surface area contributed by atoms with Crippen LogP contribution in [0.5, 0.6) is 0 Å². The molecule has 2 saturated heterocycles. The number of benzene rings is 1. The molecule has 3 atom stereocenters. The molecular weight excluding hydrogens is 384 g/mol. The Hall–Kier alpha value is -3.42. The average molecular weight is 406 g/mol. The number of fused-ring (bicyclic) bond motifs is 1. The van der Waals surface area contributed by atoms with Gasteiger partial charge in [-0.3, -0.25) is 9.59 Å². The number of carbonyl (C=O) groups excluding carboxylic acids is 2. The Kier molecular flexibility index (Phi) is 4.42. The van der Waals surface area contributed by atoms with E-state index in [0.29, 0.717) is 31.1 Å². The first-order valence-corrected chi connectivity index (χ1v) is 10.0. The predicted molar refractivity (Wildman–Crippen MR) is 106 cm³/mol. The monoisotopic (exact) mass is 406 g/mol. The summed E-state index contributed by atoms with van der Waals surface area (Å²) in [5.41, 5.74) is 2.55. The van der Waals surface area contributed by atoms with Crippen molar-refractivity contribution in [2.45, 2.75) is 19.9 Å². The first kappa shape index (κ1) is 18.6. The highest BCUT2D eigenvalue weighted by molar-refractivity contribution is 5.93. The molecule has 8 nitrogen and oxygen atoms in total. The van der Waals surface area contributed by atoms with Crippen LogP contribution in [0.2, 0.25) is 0 Å². The fourth-order valence-electron chi connectivity index (χ4n) is 4.83. The molecule has 0 radical (unpaired) electrons. The van der Waals surface area contributed by atoms with E-state index < -0.39 is 0 Å². The van der Waals surface area contributed by atoms with Gasteiger partial charge in [0.1, 0.15) is 5.76 Å². The molecule has 2 amide bonds. The summed E-state index contributed by atoms with van der Waals surface area (Å²) in [6.07, 6.45) is 2.71. The van der Waals surface area contributed by atoms with E-state index in [1.165, 1.54) is 12.6 Å². The minimum absolute atomic E-state index is 0.131. The van der Waals surface area contributed by atoms with Crippen LogP contribution in [-0.4, -0.2) is 51.4 Å². The second-order valence-electron chi connectivity index (χ2n) is 8.08. The third-order valence-electron chi connectivity index (χ3n) is 6.21. The Morgan fingerprint density at radius 1 is 1.10 bits per heavy atom. The summed E-state index contributed by atoms with van der Waals surface area (Å²) in [4.78, 5) is 33.6. The summed E-state index contributed by atoms with van der Waals surface area (Å²) in [6.45, 7) is 5.53. The lowest BCUT2D eigenvalue weighted by atomic mass is 9.87. The third kappa shape index (κ3) is 2.99. The molecule has 0 saturated carbocycles. The lowest BCUT2D eigenvalue weighted by Crippen LogP contribution is -2.37. The number of aryl methyl sites for hydroxylation is 2. The Morgan fingerprint density at radius 2 is 1.93 bits per heavy atom. The number of hydrogen-bond acceptors (Lipinski definition) is 6. The quantitative estimate of drug-likeness (QED) is 0.664. The predicted octanol–water partition coefficient (Wildman–Crippen LogP) is 2.86. The molecular formula is C22H22N4O4. The summed E-state index contributed by atoms with van der Waals surface area (Å²) >= 11 is 0. The van der Waals surface area contributed by atoms with Crippen molar-refractivity contribution in [2.24, 2.45) is 11.8 Å². The normalized spacial score (nSPS) is 23.1. The SMILES string of the molecule is Cc1cc(C(=O)N2C[C@@H]3CN(C(=O)c4cnco4)C[C@@H]3[C@H]2c2ccccc2C)no1. The smallest absolute Gasteiger partial charge is 0.291 e. The molecule has 154 valence electrons. The number of oxazole rings is 1. The van der Waals surface area contributed by atoms with Gasteiger partial charge in [-0.15, -0.1) is 0 Å². The van der Waals surface area contributed by atoms with Crippen molar-refractivity contribution in [3.05, 3.63) is 71.3 Å². The van der Waals surface area contributed by atoms with E-state index in [4.69, 9.17) is 8.94 Å². The average Bonchev–Trinajstić information content (AvgIpc) is 3.51. The minimum Gasteiger partial charge on any atom is -0.438 e. The largest absolute Gasteiger partial charge is 0.438 e. The van der Waals surface area contributed by atoms with Gasteiger partial charge in [0.25, 0.3) is 11.8 Å². The van der Waals surface area contributed by atoms with Crippen molar-refractivity contribution in [3.8, 4) is 0 Å². The topological polar surface area (TPSA) is 92.7 Å². The molecule has 2 aliphatic heterocycles. The van der Waals surface area contributed by atoms with Gasteiger partial charge in [-0.1, -0.05) is 29.4 Å². The van der Waals surface area contributed by atoms with Crippen LogP contribution >= 0.6 is 0 Å². The van der Waals surface area contributed by atoms with E-state index in [9.17, 15) is 9.59 Å². The zero-order valence-electron chi connectivity index (χ0n) is 16.8. The Balaban J connectivity index is 1.47. The van der Waals surface area contributed by atoms with E-state index in [-0.39, 0.29) is 35.5 Å². The van der Waals surface area contributed by atoms with Crippen LogP contribution in [0.3, 0.4) is 0 Å². The maximum Gasteiger partial charge on any atom is 0.291 e. The highest BCUT2D eigenvalue weighted by Crippen LogP contribution is 2.46. The van der Waals surface area contributed by atoms with Gasteiger partial charge in [0.05, 0.1) is 12.2 Å². The molecule has 2 fully saturated rings. The van der Waals surface area contributed by atoms with E-state index in [2.05, 4.69) is 29.2 Å². The van der Waals surface area contributed by atoms with Crippen LogP contribution in [0, 0.1) is 25.7 Å². The van der Waals surface area contributed by atoms with E-state index in [0.717, 1.165) is 11.1 Å². The van der Waals surface area contributed by atoms with Crippen molar-refractivity contribution >= 4 is 11.8 Å². The van der Waals surface area contributed by atoms with E-state index in [1.54, 1.807) is 13.0 Å². The van der Waals surface area contributed by atoms with Crippen LogP contribution in [0.15, 0.2) is 51.9 Å². The molecule has 3 aromatic rings. The summed E-state index contributed by atoms with van der Waals surface area (Å²) in [7, 11) is 0. The number of rotatable bonds is 3. The maximum atomic E-state index is 13.3. The minimum atomic E-state index is -0.157. The summed E-state index contributed by atoms with van der Waals surface area (Å²) < 4.78 is 10.3. The maximum absolute atomic E-state index is 13.3. The molecule has 0 bridgehead atoms. The standard InChI is InChI=1S/C22H22N4O4/c1-13-5-3-4-6-16(13)20-17-11-25(22(28)19-8-23-12-29-19)9-15(17)10-26(20)21(27)18-7-14(2)30-24-18/h3-8,12,15,17,20H,9-11H2,1-2H3/t15-,17-,20+/m0/s1. The third-order valence-corrected chi connectivity index (χ3v) is 6.21. The van der Waals surface area contributed by atoms with Crippen LogP contribution in [0.4, 0.5) is 0 Å². The summed E-state index contributed by atoms with van der Waals surface area (Å²) in [5, 5.41) is 3.93. The number of nitrogens with zero attached hydrogens (tertiary/aromatic N) is 4. The Labute approximate surface area is 173 Å². The molecule has 2 aliphatic rings. The lowest BCUT2D eigenvalue weighted by molar-refractivity contribution is 0.0659. The highest BCUT2D eigenvalue weighted by Gasteiger charge is 2.51. The molecule has 2 aromatic heterocycles. The van der Waals surface area contributed by atoms with Crippen molar-refractivity contribution in [2.75, 3.05) is 19.6 Å². The van der Waals surface area contributed by atoms with Crippen LogP contribution < -0.4 is 0 Å². The van der Waals surface area contributed by atoms with Crippen molar-refractivity contribution in [3.63, 3.8) is 0 Å². The molecule has 1 aromatic carbocycles. The molecule has 30 heavy (non-hydrogen) atoms. The molecule has 4 heterocycles. The fraction of sp³-hybridized carbons (Fsp3) is 0.364. The highest BCUT2D eigenvalue weighted by atomic mass is 16.5. The number of amides is 2. The van der Waals surface area contributed by atoms with Crippen LogP contribution in [0.1, 0.15) is 44.0 Å². The number of likely N-dealkylation sites (tertiary alicyclic amines) is 2. The zero-order chi connectivity index (χ0) is 20.8. The van der Waals surface area contributed by atoms with E-state index >= 15 is 0 Å². The Morgan fingerprint density at radius 3 is 2.63 bits per heavy atom. The number of hydrogen-bond donors (Lipinski definition) is 0. The second kappa shape index (κ2) is 7.12. The first-order valence-electron chi connectivity index (χ1n) is 10.0. The van der Waals surface area contributed by atoms with Gasteiger partial charge in [0.15, 0.2) is 12.1 Å². The molecule has 0 aliphatic carbocycles. The molecule has 0 N–H and O–H groups in total. The molecule has 0 spiro atoms. The van der Waals surface area contributed by atoms with Gasteiger partial charge >= 0.3 is 0 Å². The fourth-order valence-corrected chi connectivity index (χ4v) is 4.83.